The first-order chi connectivity index (χ1) is 12.1. The smallest absolute Gasteiger partial charge is 0.225 e. The molecule has 1 amide bonds. The minimum absolute atomic E-state index is 0.0306. The molecule has 4 heterocycles. The second-order valence-corrected chi connectivity index (χ2v) is 7.90. The molecular weight excluding hydrogens is 316 g/mol. The standard InChI is InChI=1S/C19H28N4O2/c1-15-12-20-18(21-13-15)23-8-4-19(5-9-23)11-16(14-25-19)10-17(24)22-6-2-3-7-22/h12-13,16H,2-11,14H2,1H3/t16-/m1/s1. The van der Waals surface area contributed by atoms with Crippen LogP contribution in [0.25, 0.3) is 0 Å². The number of hydrogen-bond donors (Lipinski definition) is 0. The van der Waals surface area contributed by atoms with Gasteiger partial charge in [0.1, 0.15) is 0 Å². The molecule has 6 nitrogen and oxygen atoms in total. The van der Waals surface area contributed by atoms with Crippen LogP contribution in [-0.4, -0.2) is 59.2 Å². The number of anilines is 1. The Morgan fingerprint density at radius 2 is 1.88 bits per heavy atom. The average Bonchev–Trinajstić information content (AvgIpc) is 3.28. The molecule has 3 fully saturated rings. The lowest BCUT2D eigenvalue weighted by Crippen LogP contribution is -2.44. The van der Waals surface area contributed by atoms with Crippen molar-refractivity contribution in [1.29, 1.82) is 0 Å². The van der Waals surface area contributed by atoms with Crippen LogP contribution in [0.5, 0.6) is 0 Å². The molecule has 136 valence electrons. The van der Waals surface area contributed by atoms with Gasteiger partial charge in [-0.3, -0.25) is 4.79 Å². The highest BCUT2D eigenvalue weighted by atomic mass is 16.5. The summed E-state index contributed by atoms with van der Waals surface area (Å²) in [6, 6.07) is 0. The molecule has 0 aliphatic carbocycles. The van der Waals surface area contributed by atoms with E-state index in [2.05, 4.69) is 14.9 Å². The number of amides is 1. The summed E-state index contributed by atoms with van der Waals surface area (Å²) in [7, 11) is 0. The first-order valence-corrected chi connectivity index (χ1v) is 9.59. The third-order valence-electron chi connectivity index (χ3n) is 5.93. The quantitative estimate of drug-likeness (QED) is 0.841. The fraction of sp³-hybridized carbons (Fsp3) is 0.737. The van der Waals surface area contributed by atoms with E-state index in [1.54, 1.807) is 0 Å². The van der Waals surface area contributed by atoms with E-state index in [1.807, 2.05) is 24.2 Å². The lowest BCUT2D eigenvalue weighted by Gasteiger charge is -2.38. The number of ether oxygens (including phenoxy) is 1. The van der Waals surface area contributed by atoms with Gasteiger partial charge < -0.3 is 14.5 Å². The van der Waals surface area contributed by atoms with Gasteiger partial charge in [-0.15, -0.1) is 0 Å². The zero-order chi connectivity index (χ0) is 17.3. The highest BCUT2D eigenvalue weighted by molar-refractivity contribution is 5.76. The summed E-state index contributed by atoms with van der Waals surface area (Å²) < 4.78 is 6.22. The van der Waals surface area contributed by atoms with Gasteiger partial charge in [-0.25, -0.2) is 9.97 Å². The van der Waals surface area contributed by atoms with Crippen molar-refractivity contribution in [2.45, 2.75) is 51.0 Å². The van der Waals surface area contributed by atoms with Gasteiger partial charge in [0, 0.05) is 45.0 Å². The molecule has 3 aliphatic heterocycles. The minimum atomic E-state index is -0.0306. The van der Waals surface area contributed by atoms with E-state index >= 15 is 0 Å². The molecule has 1 aromatic heterocycles. The number of aryl methyl sites for hydroxylation is 1. The van der Waals surface area contributed by atoms with Crippen LogP contribution in [0, 0.1) is 12.8 Å². The molecule has 0 bridgehead atoms. The van der Waals surface area contributed by atoms with Crippen LogP contribution in [0.1, 0.15) is 44.1 Å². The van der Waals surface area contributed by atoms with Gasteiger partial charge >= 0.3 is 0 Å². The molecule has 25 heavy (non-hydrogen) atoms. The highest BCUT2D eigenvalue weighted by Crippen LogP contribution is 2.40. The molecule has 6 heteroatoms. The van der Waals surface area contributed by atoms with E-state index in [4.69, 9.17) is 4.74 Å². The Bertz CT molecular complexity index is 604. The summed E-state index contributed by atoms with van der Waals surface area (Å²) in [4.78, 5) is 25.5. The molecule has 0 radical (unpaired) electrons. The SMILES string of the molecule is Cc1cnc(N2CCC3(CC2)C[C@@H](CC(=O)N2CCCC2)CO3)nc1. The topological polar surface area (TPSA) is 58.6 Å². The van der Waals surface area contributed by atoms with Gasteiger partial charge in [-0.05, 0) is 50.5 Å². The molecule has 0 saturated carbocycles. The van der Waals surface area contributed by atoms with Gasteiger partial charge in [0.05, 0.1) is 12.2 Å². The monoisotopic (exact) mass is 344 g/mol. The fourth-order valence-corrected chi connectivity index (χ4v) is 4.42. The predicted octanol–water partition coefficient (Wildman–Crippen LogP) is 2.17. The maximum Gasteiger partial charge on any atom is 0.225 e. The average molecular weight is 344 g/mol. The first-order valence-electron chi connectivity index (χ1n) is 9.59. The molecule has 0 N–H and O–H groups in total. The molecule has 1 aromatic rings. The van der Waals surface area contributed by atoms with Crippen molar-refractivity contribution in [2.24, 2.45) is 5.92 Å². The van der Waals surface area contributed by atoms with E-state index in [9.17, 15) is 4.79 Å². The van der Waals surface area contributed by atoms with E-state index in [0.29, 0.717) is 18.2 Å². The van der Waals surface area contributed by atoms with Crippen LogP contribution >= 0.6 is 0 Å². The van der Waals surface area contributed by atoms with E-state index in [1.165, 1.54) is 0 Å². The minimum Gasteiger partial charge on any atom is -0.375 e. The molecule has 4 rings (SSSR count). The number of hydrogen-bond acceptors (Lipinski definition) is 5. The number of piperidine rings is 1. The van der Waals surface area contributed by atoms with Crippen molar-refractivity contribution in [2.75, 3.05) is 37.7 Å². The van der Waals surface area contributed by atoms with E-state index < -0.39 is 0 Å². The first kappa shape index (κ1) is 16.8. The van der Waals surface area contributed by atoms with E-state index in [-0.39, 0.29) is 5.60 Å². The normalized spacial score (nSPS) is 25.7. The molecule has 1 atom stereocenters. The Morgan fingerprint density at radius 3 is 2.56 bits per heavy atom. The highest BCUT2D eigenvalue weighted by Gasteiger charge is 2.43. The lowest BCUT2D eigenvalue weighted by molar-refractivity contribution is -0.131. The van der Waals surface area contributed by atoms with Crippen LogP contribution in [0.15, 0.2) is 12.4 Å². The van der Waals surface area contributed by atoms with Crippen molar-refractivity contribution in [3.8, 4) is 0 Å². The van der Waals surface area contributed by atoms with Crippen molar-refractivity contribution in [1.82, 2.24) is 14.9 Å². The lowest BCUT2D eigenvalue weighted by atomic mass is 9.84. The fourth-order valence-electron chi connectivity index (χ4n) is 4.42. The number of rotatable bonds is 3. The molecule has 1 spiro atoms. The maximum atomic E-state index is 12.4. The van der Waals surface area contributed by atoms with Crippen LogP contribution in [-0.2, 0) is 9.53 Å². The predicted molar refractivity (Wildman–Crippen MR) is 95.4 cm³/mol. The molecular formula is C19H28N4O2. The van der Waals surface area contributed by atoms with Crippen LogP contribution < -0.4 is 4.90 Å². The van der Waals surface area contributed by atoms with Gasteiger partial charge in [0.2, 0.25) is 11.9 Å². The summed E-state index contributed by atoms with van der Waals surface area (Å²) in [6.45, 7) is 6.49. The van der Waals surface area contributed by atoms with Crippen molar-refractivity contribution in [3.05, 3.63) is 18.0 Å². The molecule has 3 aliphatic rings. The Labute approximate surface area is 149 Å². The largest absolute Gasteiger partial charge is 0.375 e. The third kappa shape index (κ3) is 3.64. The second kappa shape index (κ2) is 6.90. The summed E-state index contributed by atoms with van der Waals surface area (Å²) in [5, 5.41) is 0. The van der Waals surface area contributed by atoms with Crippen molar-refractivity contribution < 1.29 is 9.53 Å². The Balaban J connectivity index is 1.29. The van der Waals surface area contributed by atoms with Crippen molar-refractivity contribution in [3.63, 3.8) is 0 Å². The summed E-state index contributed by atoms with van der Waals surface area (Å²) in [5.41, 5.74) is 1.05. The number of nitrogens with zero attached hydrogens (tertiary/aromatic N) is 4. The Kier molecular flexibility index (Phi) is 4.63. The second-order valence-electron chi connectivity index (χ2n) is 7.90. The van der Waals surface area contributed by atoms with Gasteiger partial charge in [-0.1, -0.05) is 0 Å². The van der Waals surface area contributed by atoms with Crippen LogP contribution in [0.2, 0.25) is 0 Å². The zero-order valence-electron chi connectivity index (χ0n) is 15.1. The molecule has 3 saturated heterocycles. The van der Waals surface area contributed by atoms with Gasteiger partial charge in [-0.2, -0.15) is 0 Å². The molecule has 0 unspecified atom stereocenters. The summed E-state index contributed by atoms with van der Waals surface area (Å²) >= 11 is 0. The maximum absolute atomic E-state index is 12.4. The van der Waals surface area contributed by atoms with E-state index in [0.717, 1.165) is 76.4 Å². The van der Waals surface area contributed by atoms with Gasteiger partial charge in [0.15, 0.2) is 0 Å². The summed E-state index contributed by atoms with van der Waals surface area (Å²) in [6.07, 6.45) is 9.75. The Hall–Kier alpha value is -1.69. The number of likely N-dealkylation sites (tertiary alicyclic amines) is 1. The number of carbonyl (C=O) groups excluding carboxylic acids is 1. The van der Waals surface area contributed by atoms with Crippen LogP contribution in [0.4, 0.5) is 5.95 Å². The van der Waals surface area contributed by atoms with Crippen molar-refractivity contribution >= 4 is 11.9 Å². The number of aromatic nitrogens is 2. The number of carbonyl (C=O) groups is 1. The van der Waals surface area contributed by atoms with Gasteiger partial charge in [0.25, 0.3) is 0 Å². The Morgan fingerprint density at radius 1 is 1.20 bits per heavy atom. The zero-order valence-corrected chi connectivity index (χ0v) is 15.1. The molecule has 0 aromatic carbocycles. The third-order valence-corrected chi connectivity index (χ3v) is 5.93. The van der Waals surface area contributed by atoms with Crippen LogP contribution in [0.3, 0.4) is 0 Å². The summed E-state index contributed by atoms with van der Waals surface area (Å²) in [5.74, 6) is 1.53.